The van der Waals surface area contributed by atoms with E-state index in [9.17, 15) is 9.59 Å². The van der Waals surface area contributed by atoms with Crippen molar-refractivity contribution in [3.05, 3.63) is 63.4 Å². The molecular weight excluding hydrogens is 334 g/mol. The smallest absolute Gasteiger partial charge is 0.272 e. The number of hydrogen-bond acceptors (Lipinski definition) is 6. The first kappa shape index (κ1) is 15.9. The Morgan fingerprint density at radius 2 is 2.00 bits per heavy atom. The number of carbonyl (C=O) groups excluding carboxylic acids is 1. The number of benzene rings is 1. The summed E-state index contributed by atoms with van der Waals surface area (Å²) >= 11 is 5.84. The Labute approximate surface area is 140 Å². The van der Waals surface area contributed by atoms with Crippen LogP contribution < -0.4 is 10.9 Å². The van der Waals surface area contributed by atoms with Gasteiger partial charge in [0.25, 0.3) is 11.5 Å². The van der Waals surface area contributed by atoms with Crippen LogP contribution in [-0.2, 0) is 0 Å². The summed E-state index contributed by atoms with van der Waals surface area (Å²) in [6.07, 6.45) is 0. The van der Waals surface area contributed by atoms with Gasteiger partial charge in [0.2, 0.25) is 11.7 Å². The average molecular weight is 346 g/mol. The lowest BCUT2D eigenvalue weighted by Crippen LogP contribution is -2.28. The Balaban J connectivity index is 1.72. The number of carbonyl (C=O) groups is 1. The van der Waals surface area contributed by atoms with Crippen LogP contribution in [0.5, 0.6) is 0 Å². The molecule has 122 valence electrons. The molecule has 0 aliphatic heterocycles. The molecule has 2 N–H and O–H groups in total. The van der Waals surface area contributed by atoms with Crippen molar-refractivity contribution in [3.8, 4) is 11.4 Å². The predicted molar refractivity (Wildman–Crippen MR) is 85.5 cm³/mol. The predicted octanol–water partition coefficient (Wildman–Crippen LogP) is 1.96. The maximum Gasteiger partial charge on any atom is 0.272 e. The number of nitrogens with zero attached hydrogens (tertiary/aromatic N) is 3. The number of rotatable bonds is 4. The maximum absolute atomic E-state index is 12.1. The van der Waals surface area contributed by atoms with Gasteiger partial charge in [-0.2, -0.15) is 10.1 Å². The summed E-state index contributed by atoms with van der Waals surface area (Å²) in [6, 6.07) is 9.00. The van der Waals surface area contributed by atoms with Gasteiger partial charge in [-0.3, -0.25) is 9.59 Å². The third kappa shape index (κ3) is 3.49. The van der Waals surface area contributed by atoms with Crippen molar-refractivity contribution in [3.63, 3.8) is 0 Å². The second kappa shape index (κ2) is 6.63. The summed E-state index contributed by atoms with van der Waals surface area (Å²) in [5.41, 5.74) is 0.443. The molecule has 2 heterocycles. The molecule has 0 radical (unpaired) electrons. The van der Waals surface area contributed by atoms with Crippen LogP contribution in [0, 0.1) is 0 Å². The topological polar surface area (TPSA) is 114 Å². The van der Waals surface area contributed by atoms with Crippen LogP contribution in [0.25, 0.3) is 11.4 Å². The van der Waals surface area contributed by atoms with Crippen LogP contribution in [0.3, 0.4) is 0 Å². The average Bonchev–Trinajstić information content (AvgIpc) is 3.06. The zero-order valence-electron chi connectivity index (χ0n) is 12.5. The molecule has 0 spiro atoms. The highest BCUT2D eigenvalue weighted by Crippen LogP contribution is 2.20. The van der Waals surface area contributed by atoms with E-state index in [1.807, 2.05) is 0 Å². The third-order valence-electron chi connectivity index (χ3n) is 3.17. The number of nitrogens with one attached hydrogen (secondary N) is 2. The van der Waals surface area contributed by atoms with Crippen LogP contribution in [0.1, 0.15) is 29.3 Å². The molecule has 9 heteroatoms. The van der Waals surface area contributed by atoms with E-state index < -0.39 is 11.9 Å². The molecule has 2 aromatic heterocycles. The van der Waals surface area contributed by atoms with Gasteiger partial charge in [-0.1, -0.05) is 16.8 Å². The van der Waals surface area contributed by atoms with Crippen molar-refractivity contribution in [2.24, 2.45) is 0 Å². The van der Waals surface area contributed by atoms with E-state index in [0.717, 1.165) is 5.56 Å². The highest BCUT2D eigenvalue weighted by molar-refractivity contribution is 6.30. The van der Waals surface area contributed by atoms with E-state index in [2.05, 4.69) is 25.7 Å². The number of H-pyrrole nitrogens is 1. The van der Waals surface area contributed by atoms with Gasteiger partial charge in [-0.05, 0) is 37.3 Å². The zero-order chi connectivity index (χ0) is 17.1. The summed E-state index contributed by atoms with van der Waals surface area (Å²) in [5, 5.41) is 13.0. The molecule has 1 aromatic carbocycles. The number of aromatic nitrogens is 4. The van der Waals surface area contributed by atoms with E-state index >= 15 is 0 Å². The van der Waals surface area contributed by atoms with Crippen LogP contribution in [0.4, 0.5) is 0 Å². The Hall–Kier alpha value is -3.00. The van der Waals surface area contributed by atoms with Crippen molar-refractivity contribution in [1.29, 1.82) is 0 Å². The van der Waals surface area contributed by atoms with Crippen molar-refractivity contribution in [2.45, 2.75) is 13.0 Å². The number of aromatic amines is 1. The molecule has 8 nitrogen and oxygen atoms in total. The van der Waals surface area contributed by atoms with E-state index in [4.69, 9.17) is 16.1 Å². The van der Waals surface area contributed by atoms with Crippen molar-refractivity contribution < 1.29 is 9.32 Å². The number of hydrogen-bond donors (Lipinski definition) is 2. The maximum atomic E-state index is 12.1. The lowest BCUT2D eigenvalue weighted by Gasteiger charge is -2.08. The minimum Gasteiger partial charge on any atom is -0.339 e. The first-order chi connectivity index (χ1) is 11.5. The first-order valence-electron chi connectivity index (χ1n) is 6.99. The van der Waals surface area contributed by atoms with Crippen LogP contribution in [0.15, 0.2) is 45.7 Å². The minimum atomic E-state index is -0.528. The van der Waals surface area contributed by atoms with Crippen molar-refractivity contribution >= 4 is 17.5 Å². The van der Waals surface area contributed by atoms with Gasteiger partial charge in [0.05, 0.1) is 0 Å². The molecule has 3 aromatic rings. The van der Waals surface area contributed by atoms with Gasteiger partial charge in [0.1, 0.15) is 11.7 Å². The quantitative estimate of drug-likeness (QED) is 0.747. The van der Waals surface area contributed by atoms with E-state index in [-0.39, 0.29) is 17.1 Å². The van der Waals surface area contributed by atoms with E-state index in [1.165, 1.54) is 12.1 Å². The SMILES string of the molecule is C[C@H](NC(=O)c1ccc(=O)[nH]n1)c1nc(-c2ccc(Cl)cc2)no1. The van der Waals surface area contributed by atoms with Gasteiger partial charge in [0, 0.05) is 16.7 Å². The summed E-state index contributed by atoms with van der Waals surface area (Å²) in [5.74, 6) is 0.174. The number of amides is 1. The summed E-state index contributed by atoms with van der Waals surface area (Å²) < 4.78 is 5.18. The highest BCUT2D eigenvalue weighted by Gasteiger charge is 2.18. The molecule has 0 saturated heterocycles. The second-order valence-electron chi connectivity index (χ2n) is 4.96. The normalized spacial score (nSPS) is 11.9. The molecule has 0 unspecified atom stereocenters. The standard InChI is InChI=1S/C15H12ClN5O3/c1-8(17-14(23)11-6-7-12(22)20-19-11)15-18-13(21-24-15)9-2-4-10(16)5-3-9/h2-8H,1H3,(H,17,23)(H,20,22)/t8-/m0/s1. The van der Waals surface area contributed by atoms with Crippen LogP contribution in [-0.4, -0.2) is 26.2 Å². The fraction of sp³-hybridized carbons (Fsp3) is 0.133. The Morgan fingerprint density at radius 1 is 1.25 bits per heavy atom. The molecule has 0 fully saturated rings. The van der Waals surface area contributed by atoms with Gasteiger partial charge in [-0.15, -0.1) is 0 Å². The van der Waals surface area contributed by atoms with Gasteiger partial charge in [-0.25, -0.2) is 5.10 Å². The fourth-order valence-electron chi connectivity index (χ4n) is 1.93. The van der Waals surface area contributed by atoms with Crippen molar-refractivity contribution in [1.82, 2.24) is 25.7 Å². The van der Waals surface area contributed by atoms with Gasteiger partial charge >= 0.3 is 0 Å². The van der Waals surface area contributed by atoms with Gasteiger partial charge < -0.3 is 9.84 Å². The van der Waals surface area contributed by atoms with E-state index in [1.54, 1.807) is 31.2 Å². The Kier molecular flexibility index (Phi) is 4.39. The molecule has 24 heavy (non-hydrogen) atoms. The molecule has 1 atom stereocenters. The molecule has 3 rings (SSSR count). The molecule has 1 amide bonds. The Morgan fingerprint density at radius 3 is 2.67 bits per heavy atom. The highest BCUT2D eigenvalue weighted by atomic mass is 35.5. The van der Waals surface area contributed by atoms with Gasteiger partial charge in [0.15, 0.2) is 0 Å². The Bertz CT molecular complexity index is 899. The lowest BCUT2D eigenvalue weighted by atomic mass is 10.2. The van der Waals surface area contributed by atoms with E-state index in [0.29, 0.717) is 10.8 Å². The minimum absolute atomic E-state index is 0.0823. The third-order valence-corrected chi connectivity index (χ3v) is 3.43. The largest absolute Gasteiger partial charge is 0.339 e. The molecule has 0 bridgehead atoms. The van der Waals surface area contributed by atoms with Crippen LogP contribution in [0.2, 0.25) is 5.02 Å². The molecule has 0 saturated carbocycles. The summed E-state index contributed by atoms with van der Waals surface area (Å²) in [6.45, 7) is 1.70. The number of halogens is 1. The zero-order valence-corrected chi connectivity index (χ0v) is 13.2. The summed E-state index contributed by atoms with van der Waals surface area (Å²) in [7, 11) is 0. The van der Waals surface area contributed by atoms with Crippen LogP contribution >= 0.6 is 11.6 Å². The molecular formula is C15H12ClN5O3. The molecule has 0 aliphatic rings. The monoisotopic (exact) mass is 345 g/mol. The second-order valence-corrected chi connectivity index (χ2v) is 5.40. The summed E-state index contributed by atoms with van der Waals surface area (Å²) in [4.78, 5) is 27.3. The fourth-order valence-corrected chi connectivity index (χ4v) is 2.06. The lowest BCUT2D eigenvalue weighted by molar-refractivity contribution is 0.0926. The van der Waals surface area contributed by atoms with Crippen molar-refractivity contribution in [2.75, 3.05) is 0 Å². The molecule has 0 aliphatic carbocycles. The first-order valence-corrected chi connectivity index (χ1v) is 7.37.